The Morgan fingerprint density at radius 3 is 2.24 bits per heavy atom. The molecule has 0 heterocycles. The highest BCUT2D eigenvalue weighted by molar-refractivity contribution is 5.92. The van der Waals surface area contributed by atoms with Crippen molar-refractivity contribution in [3.05, 3.63) is 59.7 Å². The molecule has 0 unspecified atom stereocenters. The number of nitrogens with one attached hydrogen (secondary N) is 1. The standard InChI is InChI=1S/C20H24N2O3/c1-15-4-8-18(9-5-15)22(16(2)23)13-12-20(24)21-14-17-6-10-19(25-3)11-7-17/h4-11H,12-14H2,1-3H3,(H,21,24). The Balaban J connectivity index is 1.86. The minimum absolute atomic E-state index is 0.0770. The van der Waals surface area contributed by atoms with Crippen LogP contribution in [-0.2, 0) is 16.1 Å². The molecule has 0 fully saturated rings. The lowest BCUT2D eigenvalue weighted by molar-refractivity contribution is -0.121. The van der Waals surface area contributed by atoms with Crippen LogP contribution < -0.4 is 15.0 Å². The number of carbonyl (C=O) groups is 2. The number of nitrogens with zero attached hydrogens (tertiary/aromatic N) is 1. The fraction of sp³-hybridized carbons (Fsp3) is 0.300. The van der Waals surface area contributed by atoms with Gasteiger partial charge >= 0.3 is 0 Å². The summed E-state index contributed by atoms with van der Waals surface area (Å²) in [6.07, 6.45) is 0.254. The maximum absolute atomic E-state index is 12.1. The molecule has 5 nitrogen and oxygen atoms in total. The second-order valence-electron chi connectivity index (χ2n) is 5.88. The van der Waals surface area contributed by atoms with E-state index in [0.717, 1.165) is 22.6 Å². The van der Waals surface area contributed by atoms with Gasteiger partial charge in [-0.25, -0.2) is 0 Å². The third-order valence-corrected chi connectivity index (χ3v) is 3.94. The highest BCUT2D eigenvalue weighted by Gasteiger charge is 2.13. The van der Waals surface area contributed by atoms with Crippen LogP contribution in [-0.4, -0.2) is 25.5 Å². The van der Waals surface area contributed by atoms with Gasteiger partial charge < -0.3 is 15.0 Å². The Morgan fingerprint density at radius 2 is 1.68 bits per heavy atom. The summed E-state index contributed by atoms with van der Waals surface area (Å²) < 4.78 is 5.11. The highest BCUT2D eigenvalue weighted by atomic mass is 16.5. The van der Waals surface area contributed by atoms with E-state index >= 15 is 0 Å². The van der Waals surface area contributed by atoms with Crippen LogP contribution in [0.4, 0.5) is 5.69 Å². The van der Waals surface area contributed by atoms with Gasteiger partial charge in [0, 0.05) is 32.1 Å². The van der Waals surface area contributed by atoms with E-state index in [4.69, 9.17) is 4.74 Å². The molecule has 0 aromatic heterocycles. The van der Waals surface area contributed by atoms with Crippen LogP contribution in [0.5, 0.6) is 5.75 Å². The number of carbonyl (C=O) groups excluding carboxylic acids is 2. The first-order valence-corrected chi connectivity index (χ1v) is 8.24. The number of anilines is 1. The summed E-state index contributed by atoms with van der Waals surface area (Å²) >= 11 is 0. The van der Waals surface area contributed by atoms with Crippen molar-refractivity contribution >= 4 is 17.5 Å². The second kappa shape index (κ2) is 8.87. The van der Waals surface area contributed by atoms with Crippen LogP contribution in [0, 0.1) is 6.92 Å². The van der Waals surface area contributed by atoms with E-state index in [1.165, 1.54) is 6.92 Å². The van der Waals surface area contributed by atoms with Crippen molar-refractivity contribution in [3.63, 3.8) is 0 Å². The summed E-state index contributed by atoms with van der Waals surface area (Å²) in [5, 5.41) is 2.87. The van der Waals surface area contributed by atoms with Crippen molar-refractivity contribution in [2.24, 2.45) is 0 Å². The lowest BCUT2D eigenvalue weighted by Gasteiger charge is -2.21. The van der Waals surface area contributed by atoms with Gasteiger partial charge in [0.15, 0.2) is 0 Å². The van der Waals surface area contributed by atoms with Gasteiger partial charge in [0.2, 0.25) is 11.8 Å². The lowest BCUT2D eigenvalue weighted by atomic mass is 10.2. The number of benzene rings is 2. The van der Waals surface area contributed by atoms with Crippen molar-refractivity contribution in [3.8, 4) is 5.75 Å². The van der Waals surface area contributed by atoms with Crippen molar-refractivity contribution < 1.29 is 14.3 Å². The topological polar surface area (TPSA) is 58.6 Å². The van der Waals surface area contributed by atoms with Crippen LogP contribution in [0.15, 0.2) is 48.5 Å². The molecule has 0 aliphatic carbocycles. The van der Waals surface area contributed by atoms with Crippen LogP contribution >= 0.6 is 0 Å². The van der Waals surface area contributed by atoms with Crippen molar-refractivity contribution in [1.82, 2.24) is 5.32 Å². The summed E-state index contributed by atoms with van der Waals surface area (Å²) in [4.78, 5) is 25.6. The predicted molar refractivity (Wildman–Crippen MR) is 98.7 cm³/mol. The smallest absolute Gasteiger partial charge is 0.223 e. The van der Waals surface area contributed by atoms with E-state index in [1.807, 2.05) is 55.5 Å². The molecule has 2 aromatic rings. The molecule has 2 aromatic carbocycles. The summed E-state index contributed by atoms with van der Waals surface area (Å²) in [6.45, 7) is 4.31. The second-order valence-corrected chi connectivity index (χ2v) is 5.88. The number of aryl methyl sites for hydroxylation is 1. The number of ether oxygens (including phenoxy) is 1. The zero-order chi connectivity index (χ0) is 18.2. The monoisotopic (exact) mass is 340 g/mol. The summed E-state index contributed by atoms with van der Waals surface area (Å²) in [6, 6.07) is 15.2. The number of hydrogen-bond acceptors (Lipinski definition) is 3. The number of amides is 2. The van der Waals surface area contributed by atoms with Crippen LogP contribution in [0.1, 0.15) is 24.5 Å². The minimum atomic E-state index is -0.0887. The molecular formula is C20H24N2O3. The van der Waals surface area contributed by atoms with Crippen molar-refractivity contribution in [2.45, 2.75) is 26.8 Å². The SMILES string of the molecule is COc1ccc(CNC(=O)CCN(C(C)=O)c2ccc(C)cc2)cc1. The van der Waals surface area contributed by atoms with Crippen LogP contribution in [0.2, 0.25) is 0 Å². The van der Waals surface area contributed by atoms with E-state index < -0.39 is 0 Å². The number of hydrogen-bond donors (Lipinski definition) is 1. The predicted octanol–water partition coefficient (Wildman–Crippen LogP) is 3.06. The summed E-state index contributed by atoms with van der Waals surface area (Å²) in [5.41, 5.74) is 2.93. The van der Waals surface area contributed by atoms with E-state index in [2.05, 4.69) is 5.32 Å². The molecule has 0 bridgehead atoms. The van der Waals surface area contributed by atoms with Gasteiger partial charge in [-0.15, -0.1) is 0 Å². The molecule has 0 radical (unpaired) electrons. The van der Waals surface area contributed by atoms with Gasteiger partial charge in [-0.2, -0.15) is 0 Å². The molecule has 0 saturated carbocycles. The number of methoxy groups -OCH3 is 1. The fourth-order valence-corrected chi connectivity index (χ4v) is 2.44. The Morgan fingerprint density at radius 1 is 1.04 bits per heavy atom. The van der Waals surface area contributed by atoms with E-state index in [0.29, 0.717) is 13.1 Å². The Labute approximate surface area is 148 Å². The van der Waals surface area contributed by atoms with Crippen molar-refractivity contribution in [1.29, 1.82) is 0 Å². The highest BCUT2D eigenvalue weighted by Crippen LogP contribution is 2.16. The van der Waals surface area contributed by atoms with Gasteiger partial charge in [-0.05, 0) is 36.8 Å². The van der Waals surface area contributed by atoms with E-state index in [9.17, 15) is 9.59 Å². The molecule has 1 N–H and O–H groups in total. The summed E-state index contributed by atoms with van der Waals surface area (Å²) in [7, 11) is 1.62. The first-order chi connectivity index (χ1) is 12.0. The molecule has 2 amide bonds. The average molecular weight is 340 g/mol. The molecule has 0 saturated heterocycles. The van der Waals surface area contributed by atoms with Gasteiger partial charge in [0.1, 0.15) is 5.75 Å². The van der Waals surface area contributed by atoms with Gasteiger partial charge in [0.25, 0.3) is 0 Å². The van der Waals surface area contributed by atoms with Crippen molar-refractivity contribution in [2.75, 3.05) is 18.6 Å². The Hall–Kier alpha value is -2.82. The van der Waals surface area contributed by atoms with Gasteiger partial charge in [-0.1, -0.05) is 29.8 Å². The minimum Gasteiger partial charge on any atom is -0.497 e. The Bertz CT molecular complexity index is 709. The molecule has 132 valence electrons. The third kappa shape index (κ3) is 5.64. The average Bonchev–Trinajstić information content (AvgIpc) is 2.61. The maximum atomic E-state index is 12.1. The molecule has 0 atom stereocenters. The quantitative estimate of drug-likeness (QED) is 0.843. The van der Waals surface area contributed by atoms with Crippen LogP contribution in [0.25, 0.3) is 0 Å². The molecule has 0 spiro atoms. The lowest BCUT2D eigenvalue weighted by Crippen LogP contribution is -2.33. The molecule has 0 aliphatic heterocycles. The zero-order valence-electron chi connectivity index (χ0n) is 14.9. The first-order valence-electron chi connectivity index (χ1n) is 8.24. The summed E-state index contributed by atoms with van der Waals surface area (Å²) in [5.74, 6) is 0.617. The maximum Gasteiger partial charge on any atom is 0.223 e. The normalized spacial score (nSPS) is 10.2. The number of rotatable bonds is 7. The van der Waals surface area contributed by atoms with E-state index in [-0.39, 0.29) is 18.2 Å². The Kier molecular flexibility index (Phi) is 6.57. The van der Waals surface area contributed by atoms with E-state index in [1.54, 1.807) is 12.0 Å². The third-order valence-electron chi connectivity index (χ3n) is 3.94. The largest absolute Gasteiger partial charge is 0.497 e. The van der Waals surface area contributed by atoms with Crippen LogP contribution in [0.3, 0.4) is 0 Å². The van der Waals surface area contributed by atoms with Gasteiger partial charge in [-0.3, -0.25) is 9.59 Å². The molecular weight excluding hydrogens is 316 g/mol. The zero-order valence-corrected chi connectivity index (χ0v) is 14.9. The first kappa shape index (κ1) is 18.5. The molecule has 0 aliphatic rings. The molecule has 25 heavy (non-hydrogen) atoms. The molecule has 5 heteroatoms. The molecule has 2 rings (SSSR count). The fourth-order valence-electron chi connectivity index (χ4n) is 2.44. The van der Waals surface area contributed by atoms with Gasteiger partial charge in [0.05, 0.1) is 7.11 Å².